The van der Waals surface area contributed by atoms with E-state index >= 15 is 0 Å². The molecule has 128 valence electrons. The van der Waals surface area contributed by atoms with Crippen LogP contribution in [0.15, 0.2) is 18.3 Å². The van der Waals surface area contributed by atoms with Crippen molar-refractivity contribution in [2.45, 2.75) is 38.5 Å². The van der Waals surface area contributed by atoms with Crippen molar-refractivity contribution in [1.82, 2.24) is 10.3 Å². The summed E-state index contributed by atoms with van der Waals surface area (Å²) in [6.07, 6.45) is 5.47. The Bertz CT molecular complexity index is 629. The lowest BCUT2D eigenvalue weighted by atomic mass is 9.58. The molecule has 1 saturated carbocycles. The molecule has 2 saturated heterocycles. The molecular formula is C18H23N3O3. The first-order valence-corrected chi connectivity index (χ1v) is 8.38. The normalized spacial score (nSPS) is 25.2. The molecule has 1 unspecified atom stereocenters. The lowest BCUT2D eigenvalue weighted by Gasteiger charge is -2.59. The number of hydrogen-bond donors (Lipinski definition) is 1. The molecule has 0 bridgehead atoms. The fourth-order valence-corrected chi connectivity index (χ4v) is 4.40. The number of pyridine rings is 1. The minimum Gasteiger partial charge on any atom is -0.355 e. The van der Waals surface area contributed by atoms with Gasteiger partial charge in [-0.25, -0.2) is 4.98 Å². The molecule has 0 radical (unpaired) electrons. The zero-order valence-corrected chi connectivity index (χ0v) is 14.0. The third-order valence-corrected chi connectivity index (χ3v) is 5.35. The van der Waals surface area contributed by atoms with Gasteiger partial charge in [0.2, 0.25) is 11.8 Å². The molecule has 1 spiro atoms. The molecule has 6 nitrogen and oxygen atoms in total. The Morgan fingerprint density at radius 2 is 1.96 bits per heavy atom. The maximum Gasteiger partial charge on any atom is 0.234 e. The summed E-state index contributed by atoms with van der Waals surface area (Å²) in [4.78, 5) is 37.9. The van der Waals surface area contributed by atoms with Gasteiger partial charge in [0, 0.05) is 31.1 Å². The van der Waals surface area contributed by atoms with Gasteiger partial charge in [-0.15, -0.1) is 0 Å². The summed E-state index contributed by atoms with van der Waals surface area (Å²) in [7, 11) is 0. The molecule has 2 aliphatic heterocycles. The predicted octanol–water partition coefficient (Wildman–Crippen LogP) is 1.65. The van der Waals surface area contributed by atoms with Crippen molar-refractivity contribution in [1.29, 1.82) is 0 Å². The Labute approximate surface area is 141 Å². The van der Waals surface area contributed by atoms with Crippen LogP contribution in [0.5, 0.6) is 0 Å². The number of anilines is 1. The van der Waals surface area contributed by atoms with Crippen LogP contribution >= 0.6 is 0 Å². The van der Waals surface area contributed by atoms with Gasteiger partial charge in [0.15, 0.2) is 0 Å². The van der Waals surface area contributed by atoms with Gasteiger partial charge in [0.1, 0.15) is 12.6 Å². The number of nitrogens with one attached hydrogen (secondary N) is 1. The maximum absolute atomic E-state index is 11.9. The van der Waals surface area contributed by atoms with Crippen molar-refractivity contribution in [2.24, 2.45) is 11.3 Å². The first kappa shape index (κ1) is 16.6. The van der Waals surface area contributed by atoms with Gasteiger partial charge in [0.25, 0.3) is 0 Å². The zero-order chi connectivity index (χ0) is 17.3. The molecule has 3 fully saturated rings. The highest BCUT2D eigenvalue weighted by Gasteiger charge is 2.51. The summed E-state index contributed by atoms with van der Waals surface area (Å²) in [5.74, 6) is 1.27. The third kappa shape index (κ3) is 2.92. The van der Waals surface area contributed by atoms with Crippen LogP contribution in [0.4, 0.5) is 5.82 Å². The van der Waals surface area contributed by atoms with Crippen molar-refractivity contribution in [3.63, 3.8) is 0 Å². The standard InChI is InChI=1S/C17H21N3O2.CH2O/c1-11-6-17(7-11)9-20(10-17)14-4-2-12(8-18-14)13-3-5-15(21)19-16(13)22;1-2/h2,4,8,11,13H,3,5-7,9-10H2,1H3,(H,19,21,22);1H2. The minimum absolute atomic E-state index is 0.175. The number of amides is 2. The van der Waals surface area contributed by atoms with E-state index in [0.29, 0.717) is 18.3 Å². The molecule has 3 aliphatic rings. The van der Waals surface area contributed by atoms with Gasteiger partial charge in [-0.3, -0.25) is 14.9 Å². The van der Waals surface area contributed by atoms with E-state index in [1.165, 1.54) is 12.8 Å². The molecule has 4 rings (SSSR count). The molecule has 1 aliphatic carbocycles. The van der Waals surface area contributed by atoms with Crippen LogP contribution in [0.1, 0.15) is 44.1 Å². The number of rotatable bonds is 2. The van der Waals surface area contributed by atoms with Crippen LogP contribution in [0.25, 0.3) is 0 Å². The molecule has 6 heteroatoms. The quantitative estimate of drug-likeness (QED) is 0.835. The lowest BCUT2D eigenvalue weighted by molar-refractivity contribution is -0.134. The van der Waals surface area contributed by atoms with E-state index in [-0.39, 0.29) is 17.7 Å². The first-order valence-electron chi connectivity index (χ1n) is 8.38. The number of carbonyl (C=O) groups is 3. The SMILES string of the molecule is C=O.CC1CC2(C1)CN(c1ccc(C3CCC(=O)NC3=O)cn1)C2. The van der Waals surface area contributed by atoms with Gasteiger partial charge in [-0.1, -0.05) is 13.0 Å². The lowest BCUT2D eigenvalue weighted by Crippen LogP contribution is -2.62. The minimum atomic E-state index is -0.241. The Kier molecular flexibility index (Phi) is 4.39. The van der Waals surface area contributed by atoms with Crippen LogP contribution in [-0.4, -0.2) is 36.7 Å². The van der Waals surface area contributed by atoms with Crippen LogP contribution in [0, 0.1) is 11.3 Å². The molecular weight excluding hydrogens is 306 g/mol. The molecule has 24 heavy (non-hydrogen) atoms. The average molecular weight is 329 g/mol. The van der Waals surface area contributed by atoms with Crippen LogP contribution in [0.2, 0.25) is 0 Å². The highest BCUT2D eigenvalue weighted by molar-refractivity contribution is 6.00. The number of piperidine rings is 1. The van der Waals surface area contributed by atoms with E-state index in [1.54, 1.807) is 6.20 Å². The number of carbonyl (C=O) groups excluding carboxylic acids is 3. The summed E-state index contributed by atoms with van der Waals surface area (Å²) in [6, 6.07) is 3.99. The van der Waals surface area contributed by atoms with E-state index in [9.17, 15) is 9.59 Å². The summed E-state index contributed by atoms with van der Waals surface area (Å²) in [6.45, 7) is 6.55. The van der Waals surface area contributed by atoms with E-state index < -0.39 is 0 Å². The second-order valence-electron chi connectivity index (χ2n) is 7.32. The van der Waals surface area contributed by atoms with Crippen molar-refractivity contribution in [3.05, 3.63) is 23.9 Å². The fraction of sp³-hybridized carbons (Fsp3) is 0.556. The topological polar surface area (TPSA) is 79.4 Å². The van der Waals surface area contributed by atoms with Gasteiger partial charge in [0.05, 0.1) is 5.92 Å². The Balaban J connectivity index is 0.000000815. The van der Waals surface area contributed by atoms with Crippen LogP contribution in [-0.2, 0) is 14.4 Å². The highest BCUT2D eigenvalue weighted by atomic mass is 16.2. The van der Waals surface area contributed by atoms with E-state index in [2.05, 4.69) is 22.1 Å². The Morgan fingerprint density at radius 1 is 1.25 bits per heavy atom. The zero-order valence-electron chi connectivity index (χ0n) is 14.0. The molecule has 3 heterocycles. The van der Waals surface area contributed by atoms with Gasteiger partial charge in [-0.2, -0.15) is 0 Å². The molecule has 2 amide bonds. The van der Waals surface area contributed by atoms with Gasteiger partial charge < -0.3 is 9.69 Å². The number of imide groups is 1. The molecule has 0 aromatic carbocycles. The second-order valence-corrected chi connectivity index (χ2v) is 7.32. The summed E-state index contributed by atoms with van der Waals surface area (Å²) in [5, 5.41) is 2.40. The fourth-order valence-electron chi connectivity index (χ4n) is 4.40. The first-order chi connectivity index (χ1) is 11.5. The smallest absolute Gasteiger partial charge is 0.234 e. The van der Waals surface area contributed by atoms with E-state index in [0.717, 1.165) is 30.4 Å². The van der Waals surface area contributed by atoms with Crippen molar-refractivity contribution in [2.75, 3.05) is 18.0 Å². The molecule has 1 aromatic heterocycles. The Morgan fingerprint density at radius 3 is 2.50 bits per heavy atom. The third-order valence-electron chi connectivity index (χ3n) is 5.35. The van der Waals surface area contributed by atoms with Gasteiger partial charge >= 0.3 is 0 Å². The van der Waals surface area contributed by atoms with E-state index in [4.69, 9.17) is 4.79 Å². The average Bonchev–Trinajstić information content (AvgIpc) is 2.52. The maximum atomic E-state index is 11.9. The van der Waals surface area contributed by atoms with Crippen molar-refractivity contribution < 1.29 is 14.4 Å². The predicted molar refractivity (Wildman–Crippen MR) is 89.5 cm³/mol. The largest absolute Gasteiger partial charge is 0.355 e. The summed E-state index contributed by atoms with van der Waals surface area (Å²) in [5.41, 5.74) is 1.46. The Hall–Kier alpha value is -2.24. The summed E-state index contributed by atoms with van der Waals surface area (Å²) < 4.78 is 0. The van der Waals surface area contributed by atoms with E-state index in [1.807, 2.05) is 18.9 Å². The molecule has 1 N–H and O–H groups in total. The molecule has 1 aromatic rings. The second kappa shape index (κ2) is 6.34. The highest BCUT2D eigenvalue weighted by Crippen LogP contribution is 2.52. The number of nitrogens with zero attached hydrogens (tertiary/aromatic N) is 2. The number of hydrogen-bond acceptors (Lipinski definition) is 5. The number of aromatic nitrogens is 1. The van der Waals surface area contributed by atoms with Crippen LogP contribution < -0.4 is 10.2 Å². The summed E-state index contributed by atoms with van der Waals surface area (Å²) >= 11 is 0. The van der Waals surface area contributed by atoms with Crippen molar-refractivity contribution in [3.8, 4) is 0 Å². The molecule has 1 atom stereocenters. The van der Waals surface area contributed by atoms with Gasteiger partial charge in [-0.05, 0) is 36.8 Å². The van der Waals surface area contributed by atoms with Crippen molar-refractivity contribution >= 4 is 24.4 Å². The monoisotopic (exact) mass is 329 g/mol. The van der Waals surface area contributed by atoms with Crippen LogP contribution in [0.3, 0.4) is 0 Å².